The molecule has 2 fully saturated rings. The van der Waals surface area contributed by atoms with Crippen LogP contribution < -0.4 is 31.9 Å². The first-order valence-corrected chi connectivity index (χ1v) is 33.7. The van der Waals surface area contributed by atoms with Gasteiger partial charge < -0.3 is 91.7 Å². The van der Waals surface area contributed by atoms with Crippen molar-refractivity contribution in [2.24, 2.45) is 0 Å². The van der Waals surface area contributed by atoms with E-state index in [1.807, 2.05) is 60.7 Å². The van der Waals surface area contributed by atoms with Crippen molar-refractivity contribution < 1.29 is 107 Å². The van der Waals surface area contributed by atoms with Gasteiger partial charge >= 0.3 is 11.9 Å². The van der Waals surface area contributed by atoms with Gasteiger partial charge in [-0.2, -0.15) is 0 Å². The molecule has 0 radical (unpaired) electrons. The highest BCUT2D eigenvalue weighted by molar-refractivity contribution is 7.85. The van der Waals surface area contributed by atoms with Gasteiger partial charge in [-0.05, 0) is 83.6 Å². The molecular weight excluding hydrogens is 1290 g/mol. The number of amides is 6. The van der Waals surface area contributed by atoms with Crippen molar-refractivity contribution in [1.82, 2.24) is 31.9 Å². The van der Waals surface area contributed by atoms with Gasteiger partial charge in [-0.1, -0.05) is 84.9 Å². The molecule has 96 heavy (non-hydrogen) atoms. The molecule has 7 rings (SSSR count). The zero-order valence-electron chi connectivity index (χ0n) is 52.5. The van der Waals surface area contributed by atoms with Crippen LogP contribution in [0.4, 0.5) is 0 Å². The summed E-state index contributed by atoms with van der Waals surface area (Å²) in [6.07, 6.45) is -15.9. The van der Waals surface area contributed by atoms with E-state index in [0.29, 0.717) is 0 Å². The number of aliphatic hydroxyl groups is 6. The minimum atomic E-state index is -2.60. The number of hydrogen-bond acceptors (Lipinski definition) is 20. The molecule has 6 amide bonds. The highest BCUT2D eigenvalue weighted by Crippen LogP contribution is 2.36. The summed E-state index contributed by atoms with van der Waals surface area (Å²) in [6, 6.07) is 34.7. The summed E-state index contributed by atoms with van der Waals surface area (Å²) in [5.74, 6) is -12.4. The van der Waals surface area contributed by atoms with Crippen molar-refractivity contribution >= 4 is 69.0 Å². The van der Waals surface area contributed by atoms with Gasteiger partial charge in [0.1, 0.15) is 24.4 Å². The first-order valence-electron chi connectivity index (χ1n) is 30.8. The van der Waals surface area contributed by atoms with Gasteiger partial charge in [-0.25, -0.2) is 9.59 Å². The van der Waals surface area contributed by atoms with E-state index in [-0.39, 0.29) is 84.4 Å². The molecule has 30 heteroatoms. The molecule has 0 spiro atoms. The van der Waals surface area contributed by atoms with Gasteiger partial charge in [0, 0.05) is 120 Å². The Labute approximate surface area is 557 Å². The second-order valence-electron chi connectivity index (χ2n) is 22.9. The zero-order chi connectivity index (χ0) is 69.7. The summed E-state index contributed by atoms with van der Waals surface area (Å²) in [6.45, 7) is 0.269. The van der Waals surface area contributed by atoms with Gasteiger partial charge in [0.2, 0.25) is 11.8 Å². The molecule has 5 aromatic carbocycles. The van der Waals surface area contributed by atoms with Crippen molar-refractivity contribution in [3.63, 3.8) is 0 Å². The third-order valence-electron chi connectivity index (χ3n) is 15.8. The molecule has 518 valence electrons. The Morgan fingerprint density at radius 3 is 1.08 bits per heavy atom. The molecule has 14 N–H and O–H groups in total. The Hall–Kier alpha value is -8.24. The molecule has 28 nitrogen and oxygen atoms in total. The summed E-state index contributed by atoms with van der Waals surface area (Å²) in [5, 5.41) is 103. The zero-order valence-corrected chi connectivity index (χ0v) is 54.1. The SMILES string of the molecule is CC(=O)N[C@@H]1[C@@H](O)C[C@](OCCCS(=O)CCNC(=O)c2ccc(C(=O)NCCS(=O)CCCO[C@]3(C(=O)O)C[C@H](O)[C@@H](NC(C)=O)[C@H](C(O)[C@H](O)CNC(=O)c4ccc(-c5ccccc5)cc4)O3)cc2)(C(=O)O)O[C@H]1C(O)[C@H](O)CNC(=O)c1ccc(-c2ccccc2)cc1. The maximum Gasteiger partial charge on any atom is 0.364 e. The Morgan fingerprint density at radius 1 is 0.469 bits per heavy atom. The summed E-state index contributed by atoms with van der Waals surface area (Å²) >= 11 is 0. The molecular formula is C66H80N6O22S2. The number of ether oxygens (including phenoxy) is 4. The molecule has 0 saturated carbocycles. The lowest BCUT2D eigenvalue weighted by Crippen LogP contribution is -2.68. The number of carboxylic acid groups (broad SMARTS) is 2. The average molecular weight is 1370 g/mol. The van der Waals surface area contributed by atoms with E-state index < -0.39 is 167 Å². The smallest absolute Gasteiger partial charge is 0.364 e. The number of aliphatic carboxylic acids is 2. The maximum atomic E-state index is 13.0. The van der Waals surface area contributed by atoms with Crippen LogP contribution in [0.1, 0.15) is 81.0 Å². The molecule has 2 saturated heterocycles. The van der Waals surface area contributed by atoms with Crippen LogP contribution in [0, 0.1) is 0 Å². The predicted molar refractivity (Wildman–Crippen MR) is 347 cm³/mol. The summed E-state index contributed by atoms with van der Waals surface area (Å²) < 4.78 is 48.8. The van der Waals surface area contributed by atoms with Crippen LogP contribution in [0.2, 0.25) is 0 Å². The Morgan fingerprint density at radius 2 is 0.771 bits per heavy atom. The largest absolute Gasteiger partial charge is 0.477 e. The van der Waals surface area contributed by atoms with Gasteiger partial charge in [-0.3, -0.25) is 37.2 Å². The molecule has 0 bridgehead atoms. The Bertz CT molecular complexity index is 3280. The maximum absolute atomic E-state index is 13.0. The fourth-order valence-electron chi connectivity index (χ4n) is 10.7. The van der Waals surface area contributed by atoms with E-state index in [2.05, 4.69) is 31.9 Å². The standard InChI is InChI=1S/C66H80N6O22S2/c1-39(73)71-53-49(75)35-65(63(85)86,93-57(53)55(79)51(77)37-69-61(83)47-19-15-43(16-20-47)41-11-5-3-6-12-41)91-29-9-31-95(89)33-27-67-59(81)45-23-25-46(26-24-45)60(82)68-28-34-96(90)32-10-30-92-66(64(87)88)36-50(76)54(72-40(2)74)58(94-66)56(80)52(78)38-70-62(84)48-21-17-44(18-22-48)42-13-7-4-8-14-42/h3-8,11-26,49-58,75-80H,9-10,27-38H2,1-2H3,(H,67,81)(H,68,82)(H,69,83)(H,70,84)(H,71,73)(H,72,74)(H,85,86)(H,87,88)/t49-,50-,51+,52+,53+,54+,55?,56?,57+,58+,65+,66+,95?,96?/m0/s1. The van der Waals surface area contributed by atoms with E-state index in [1.54, 1.807) is 48.5 Å². The van der Waals surface area contributed by atoms with Gasteiger partial charge in [0.15, 0.2) is 0 Å². The lowest BCUT2D eigenvalue weighted by atomic mass is 9.88. The topological polar surface area (TPSA) is 442 Å². The molecule has 4 unspecified atom stereocenters. The Kier molecular flexibility index (Phi) is 27.9. The molecule has 2 aliphatic heterocycles. The fourth-order valence-corrected chi connectivity index (χ4v) is 12.7. The number of carboxylic acids is 2. The highest BCUT2D eigenvalue weighted by Gasteiger charge is 2.57. The van der Waals surface area contributed by atoms with Crippen molar-refractivity contribution in [2.45, 2.75) is 112 Å². The quantitative estimate of drug-likeness (QED) is 0.0240. The van der Waals surface area contributed by atoms with E-state index in [9.17, 15) is 87.6 Å². The minimum Gasteiger partial charge on any atom is -0.477 e. The van der Waals surface area contributed by atoms with Crippen LogP contribution >= 0.6 is 0 Å². The number of carbonyl (C=O) groups is 8. The average Bonchev–Trinajstić information content (AvgIpc) is 0.777. The Balaban J connectivity index is 0.794. The molecule has 0 aliphatic carbocycles. The minimum absolute atomic E-state index is 0.00367. The lowest BCUT2D eigenvalue weighted by molar-refractivity contribution is -0.310. The number of aliphatic hydroxyl groups excluding tert-OH is 6. The second kappa shape index (κ2) is 35.7. The third-order valence-corrected chi connectivity index (χ3v) is 18.6. The predicted octanol–water partition coefficient (Wildman–Crippen LogP) is -0.0346. The molecule has 0 aromatic heterocycles. The van der Waals surface area contributed by atoms with Crippen LogP contribution in [0.15, 0.2) is 133 Å². The van der Waals surface area contributed by atoms with E-state index in [4.69, 9.17) is 18.9 Å². The van der Waals surface area contributed by atoms with Crippen molar-refractivity contribution in [3.8, 4) is 22.3 Å². The number of hydrogen-bond donors (Lipinski definition) is 14. The molecule has 2 heterocycles. The van der Waals surface area contributed by atoms with E-state index >= 15 is 0 Å². The van der Waals surface area contributed by atoms with E-state index in [1.165, 1.54) is 24.3 Å². The molecule has 2 aliphatic rings. The number of nitrogens with one attached hydrogen (secondary N) is 6. The first-order chi connectivity index (χ1) is 45.8. The summed E-state index contributed by atoms with van der Waals surface area (Å²) in [4.78, 5) is 102. The van der Waals surface area contributed by atoms with Crippen LogP contribution in [-0.2, 0) is 59.7 Å². The monoisotopic (exact) mass is 1370 g/mol. The number of carbonyl (C=O) groups excluding carboxylic acids is 6. The van der Waals surface area contributed by atoms with Gasteiger partial charge in [-0.15, -0.1) is 0 Å². The normalized spacial score (nSPS) is 22.7. The van der Waals surface area contributed by atoms with E-state index in [0.717, 1.165) is 36.1 Å². The van der Waals surface area contributed by atoms with Gasteiger partial charge in [0.05, 0.1) is 49.7 Å². The first kappa shape index (κ1) is 75.1. The third kappa shape index (κ3) is 20.9. The fraction of sp³-hybridized carbons (Fsp3) is 0.424. The van der Waals surface area contributed by atoms with Gasteiger partial charge in [0.25, 0.3) is 35.2 Å². The lowest BCUT2D eigenvalue weighted by Gasteiger charge is -2.46. The van der Waals surface area contributed by atoms with Crippen molar-refractivity contribution in [3.05, 3.63) is 156 Å². The number of rotatable bonds is 34. The summed E-state index contributed by atoms with van der Waals surface area (Å²) in [5.41, 5.74) is 4.36. The van der Waals surface area contributed by atoms with Crippen LogP contribution in [0.5, 0.6) is 0 Å². The van der Waals surface area contributed by atoms with Crippen LogP contribution in [0.25, 0.3) is 22.3 Å². The second-order valence-corrected chi connectivity index (χ2v) is 26.3. The highest BCUT2D eigenvalue weighted by atomic mass is 32.2. The molecule has 14 atom stereocenters. The number of benzene rings is 5. The van der Waals surface area contributed by atoms with Crippen molar-refractivity contribution in [2.75, 3.05) is 62.4 Å². The van der Waals surface area contributed by atoms with Crippen LogP contribution in [-0.4, -0.2) is 232 Å². The van der Waals surface area contributed by atoms with Crippen LogP contribution in [0.3, 0.4) is 0 Å². The summed E-state index contributed by atoms with van der Waals surface area (Å²) in [7, 11) is -3.15. The molecule has 5 aromatic rings. The van der Waals surface area contributed by atoms with Crippen molar-refractivity contribution in [1.29, 1.82) is 0 Å².